The fraction of sp³-hybridized carbons (Fsp3) is 0. The number of ketones is 1. The van der Waals surface area contributed by atoms with E-state index in [1.807, 2.05) is 6.07 Å². The van der Waals surface area contributed by atoms with Crippen LogP contribution in [-0.4, -0.2) is 16.6 Å². The number of hydrogen-bond donors (Lipinski definition) is 1. The van der Waals surface area contributed by atoms with Crippen LogP contribution in [0.3, 0.4) is 0 Å². The number of carbonyl (C=O) groups is 2. The number of rotatable bonds is 5. The van der Waals surface area contributed by atoms with Gasteiger partial charge in [-0.1, -0.05) is 41.9 Å². The minimum Gasteiger partial charge on any atom is -0.321 e. The first kappa shape index (κ1) is 19.8. The van der Waals surface area contributed by atoms with E-state index in [1.54, 1.807) is 48.5 Å². The number of non-ortho nitro benzene ring substituents is 1. The van der Waals surface area contributed by atoms with Gasteiger partial charge in [-0.3, -0.25) is 19.7 Å². The Labute approximate surface area is 179 Å². The zero-order valence-corrected chi connectivity index (χ0v) is 16.9. The first-order chi connectivity index (χ1) is 14.4. The van der Waals surface area contributed by atoms with Crippen LogP contribution in [0.15, 0.2) is 72.8 Å². The van der Waals surface area contributed by atoms with Gasteiger partial charge in [0, 0.05) is 38.4 Å². The third kappa shape index (κ3) is 3.94. The van der Waals surface area contributed by atoms with E-state index in [4.69, 9.17) is 11.6 Å². The summed E-state index contributed by atoms with van der Waals surface area (Å²) >= 11 is 7.29. The molecule has 1 amide bonds. The molecular weight excluding hydrogens is 424 g/mol. The highest BCUT2D eigenvalue weighted by Gasteiger charge is 2.18. The lowest BCUT2D eigenvalue weighted by Crippen LogP contribution is -2.14. The number of nitrogens with one attached hydrogen (secondary N) is 1. The van der Waals surface area contributed by atoms with E-state index in [-0.39, 0.29) is 17.0 Å². The third-order valence-corrected chi connectivity index (χ3v) is 5.79. The Bertz CT molecular complexity index is 1300. The summed E-state index contributed by atoms with van der Waals surface area (Å²) < 4.78 is 0.752. The number of fused-ring (bicyclic) bond motifs is 1. The molecule has 0 saturated carbocycles. The predicted molar refractivity (Wildman–Crippen MR) is 118 cm³/mol. The summed E-state index contributed by atoms with van der Waals surface area (Å²) in [5.74, 6) is -0.677. The highest BCUT2D eigenvalue weighted by molar-refractivity contribution is 7.20. The van der Waals surface area contributed by atoms with E-state index < -0.39 is 10.8 Å². The Balaban J connectivity index is 1.66. The molecule has 1 aromatic heterocycles. The van der Waals surface area contributed by atoms with Gasteiger partial charge < -0.3 is 5.32 Å². The SMILES string of the molecule is O=C(Nc1ccc(Cl)cc1C(=O)c1ccccc1)c1cc2cc([N+](=O)[O-])ccc2s1. The quantitative estimate of drug-likeness (QED) is 0.238. The van der Waals surface area contributed by atoms with Crippen molar-refractivity contribution in [1.82, 2.24) is 0 Å². The van der Waals surface area contributed by atoms with Crippen LogP contribution in [0, 0.1) is 10.1 Å². The number of halogens is 1. The molecule has 1 heterocycles. The molecule has 0 saturated heterocycles. The summed E-state index contributed by atoms with van der Waals surface area (Å²) in [4.78, 5) is 36.6. The maximum absolute atomic E-state index is 12.9. The largest absolute Gasteiger partial charge is 0.321 e. The number of nitrogens with zero attached hydrogens (tertiary/aromatic N) is 1. The molecule has 4 rings (SSSR count). The summed E-state index contributed by atoms with van der Waals surface area (Å²) in [5, 5.41) is 14.7. The van der Waals surface area contributed by atoms with Crippen LogP contribution in [0.5, 0.6) is 0 Å². The molecule has 3 aromatic carbocycles. The number of nitro benzene ring substituents is 1. The van der Waals surface area contributed by atoms with Gasteiger partial charge in [-0.15, -0.1) is 11.3 Å². The van der Waals surface area contributed by atoms with Crippen LogP contribution in [0.2, 0.25) is 5.02 Å². The zero-order valence-electron chi connectivity index (χ0n) is 15.3. The van der Waals surface area contributed by atoms with Gasteiger partial charge in [0.25, 0.3) is 11.6 Å². The molecule has 8 heteroatoms. The molecule has 0 fully saturated rings. The number of amides is 1. The molecule has 0 unspecified atom stereocenters. The second kappa shape index (κ2) is 8.06. The molecule has 6 nitrogen and oxygen atoms in total. The van der Waals surface area contributed by atoms with E-state index in [9.17, 15) is 19.7 Å². The second-order valence-electron chi connectivity index (χ2n) is 6.43. The number of thiophene rings is 1. The van der Waals surface area contributed by atoms with Gasteiger partial charge in [-0.05, 0) is 30.3 Å². The first-order valence-electron chi connectivity index (χ1n) is 8.81. The fourth-order valence-electron chi connectivity index (χ4n) is 3.00. The summed E-state index contributed by atoms with van der Waals surface area (Å²) in [6, 6.07) is 19.4. The predicted octanol–water partition coefficient (Wildman–Crippen LogP) is 5.95. The van der Waals surface area contributed by atoms with Crippen LogP contribution in [0.4, 0.5) is 11.4 Å². The molecule has 0 aliphatic carbocycles. The van der Waals surface area contributed by atoms with Crippen molar-refractivity contribution in [3.63, 3.8) is 0 Å². The van der Waals surface area contributed by atoms with Crippen LogP contribution in [0.1, 0.15) is 25.6 Å². The van der Waals surface area contributed by atoms with E-state index in [2.05, 4.69) is 5.32 Å². The Hall–Kier alpha value is -3.55. The molecule has 0 spiro atoms. The topological polar surface area (TPSA) is 89.3 Å². The van der Waals surface area contributed by atoms with Gasteiger partial charge in [-0.25, -0.2) is 0 Å². The summed E-state index contributed by atoms with van der Waals surface area (Å²) in [5.41, 5.74) is 1.05. The lowest BCUT2D eigenvalue weighted by Gasteiger charge is -2.10. The molecule has 148 valence electrons. The monoisotopic (exact) mass is 436 g/mol. The normalized spacial score (nSPS) is 10.7. The summed E-state index contributed by atoms with van der Waals surface area (Å²) in [6.45, 7) is 0. The number of benzene rings is 3. The lowest BCUT2D eigenvalue weighted by atomic mass is 10.0. The van der Waals surface area contributed by atoms with Gasteiger partial charge >= 0.3 is 0 Å². The summed E-state index contributed by atoms with van der Waals surface area (Å²) in [6.07, 6.45) is 0. The second-order valence-corrected chi connectivity index (χ2v) is 7.95. The van der Waals surface area contributed by atoms with Crippen molar-refractivity contribution < 1.29 is 14.5 Å². The van der Waals surface area contributed by atoms with Crippen molar-refractivity contribution in [2.24, 2.45) is 0 Å². The van der Waals surface area contributed by atoms with Crippen molar-refractivity contribution in [3.8, 4) is 0 Å². The average molecular weight is 437 g/mol. The maximum atomic E-state index is 12.9. The maximum Gasteiger partial charge on any atom is 0.270 e. The fourth-order valence-corrected chi connectivity index (χ4v) is 4.11. The Morgan fingerprint density at radius 3 is 2.47 bits per heavy atom. The van der Waals surface area contributed by atoms with Gasteiger partial charge in [-0.2, -0.15) is 0 Å². The molecule has 0 aliphatic rings. The molecule has 0 aliphatic heterocycles. The molecule has 4 aromatic rings. The molecule has 1 N–H and O–H groups in total. The van der Waals surface area contributed by atoms with Gasteiger partial charge in [0.1, 0.15) is 0 Å². The highest BCUT2D eigenvalue weighted by atomic mass is 35.5. The molecule has 0 radical (unpaired) electrons. The smallest absolute Gasteiger partial charge is 0.270 e. The zero-order chi connectivity index (χ0) is 21.3. The van der Waals surface area contributed by atoms with E-state index in [0.29, 0.717) is 26.5 Å². The average Bonchev–Trinajstić information content (AvgIpc) is 3.18. The number of carbonyl (C=O) groups excluding carboxylic acids is 2. The standard InChI is InChI=1S/C22H13ClN2O4S/c23-15-6-8-18(17(12-15)21(26)13-4-2-1-3-5-13)24-22(27)20-11-14-10-16(25(28)29)7-9-19(14)30-20/h1-12H,(H,24,27). The van der Waals surface area contributed by atoms with Crippen molar-refractivity contribution in [1.29, 1.82) is 0 Å². The van der Waals surface area contributed by atoms with Gasteiger partial charge in [0.2, 0.25) is 0 Å². The van der Waals surface area contributed by atoms with E-state index in [0.717, 1.165) is 4.70 Å². The molecule has 30 heavy (non-hydrogen) atoms. The summed E-state index contributed by atoms with van der Waals surface area (Å²) in [7, 11) is 0. The third-order valence-electron chi connectivity index (χ3n) is 4.44. The molecule has 0 atom stereocenters. The Kier molecular flexibility index (Phi) is 5.31. The van der Waals surface area contributed by atoms with Gasteiger partial charge in [0.05, 0.1) is 15.5 Å². The van der Waals surface area contributed by atoms with Crippen LogP contribution >= 0.6 is 22.9 Å². The molecular formula is C22H13ClN2O4S. The van der Waals surface area contributed by atoms with Gasteiger partial charge in [0.15, 0.2) is 5.78 Å². The van der Waals surface area contributed by atoms with Crippen molar-refractivity contribution in [2.45, 2.75) is 0 Å². The van der Waals surface area contributed by atoms with Crippen LogP contribution in [0.25, 0.3) is 10.1 Å². The first-order valence-corrected chi connectivity index (χ1v) is 10.0. The van der Waals surface area contributed by atoms with Crippen LogP contribution in [-0.2, 0) is 0 Å². The number of anilines is 1. The van der Waals surface area contributed by atoms with Crippen molar-refractivity contribution >= 4 is 56.1 Å². The lowest BCUT2D eigenvalue weighted by molar-refractivity contribution is -0.384. The van der Waals surface area contributed by atoms with E-state index in [1.165, 1.54) is 29.5 Å². The molecule has 0 bridgehead atoms. The van der Waals surface area contributed by atoms with Crippen LogP contribution < -0.4 is 5.32 Å². The number of nitro groups is 1. The minimum atomic E-state index is -0.480. The van der Waals surface area contributed by atoms with Crippen molar-refractivity contribution in [2.75, 3.05) is 5.32 Å². The number of hydrogen-bond acceptors (Lipinski definition) is 5. The Morgan fingerprint density at radius 2 is 1.73 bits per heavy atom. The van der Waals surface area contributed by atoms with E-state index >= 15 is 0 Å². The van der Waals surface area contributed by atoms with Crippen molar-refractivity contribution in [3.05, 3.63) is 104 Å². The minimum absolute atomic E-state index is 0.0410. The highest BCUT2D eigenvalue weighted by Crippen LogP contribution is 2.30. The Morgan fingerprint density at radius 1 is 0.967 bits per heavy atom.